The maximum absolute atomic E-state index is 12.3. The number of nitrogens with zero attached hydrogens (tertiary/aromatic N) is 2. The lowest BCUT2D eigenvalue weighted by Gasteiger charge is -2.34. The van der Waals surface area contributed by atoms with Crippen LogP contribution in [0.15, 0.2) is 0 Å². The lowest BCUT2D eigenvalue weighted by atomic mass is 9.90. The minimum absolute atomic E-state index is 0.0156. The van der Waals surface area contributed by atoms with Crippen molar-refractivity contribution in [1.29, 1.82) is 0 Å². The summed E-state index contributed by atoms with van der Waals surface area (Å²) in [6, 6.07) is 0. The summed E-state index contributed by atoms with van der Waals surface area (Å²) >= 11 is 0. The smallest absolute Gasteiger partial charge is 0.308 e. The lowest BCUT2D eigenvalue weighted by Crippen LogP contribution is -2.45. The summed E-state index contributed by atoms with van der Waals surface area (Å²) in [7, 11) is 0. The van der Waals surface area contributed by atoms with Crippen LogP contribution >= 0.6 is 0 Å². The average molecular weight is 326 g/mol. The van der Waals surface area contributed by atoms with Crippen molar-refractivity contribution in [1.82, 2.24) is 9.80 Å². The second kappa shape index (κ2) is 9.53. The Morgan fingerprint density at radius 2 is 1.70 bits per heavy atom. The molecule has 1 aliphatic rings. The standard InChI is InChI=1S/C17H30N2O4/c1-4-8-18(9-5-2)15(20)6-7-16(21)19-11-13(3)10-14(12-19)17(22)23/h13-14H,4-12H2,1-3H3,(H,22,23). The molecule has 6 nitrogen and oxygen atoms in total. The van der Waals surface area contributed by atoms with Crippen molar-refractivity contribution < 1.29 is 19.5 Å². The molecular formula is C17H30N2O4. The fraction of sp³-hybridized carbons (Fsp3) is 0.824. The maximum Gasteiger partial charge on any atom is 0.308 e. The number of carbonyl (C=O) groups excluding carboxylic acids is 2. The van der Waals surface area contributed by atoms with Crippen molar-refractivity contribution in [2.24, 2.45) is 11.8 Å². The van der Waals surface area contributed by atoms with E-state index in [2.05, 4.69) is 0 Å². The number of hydrogen-bond donors (Lipinski definition) is 1. The summed E-state index contributed by atoms with van der Waals surface area (Å²) in [5, 5.41) is 9.17. The van der Waals surface area contributed by atoms with Crippen LogP contribution in [0, 0.1) is 11.8 Å². The van der Waals surface area contributed by atoms with Gasteiger partial charge in [-0.15, -0.1) is 0 Å². The Morgan fingerprint density at radius 3 is 2.22 bits per heavy atom. The molecule has 0 spiro atoms. The second-order valence-corrected chi connectivity index (χ2v) is 6.56. The minimum atomic E-state index is -0.845. The van der Waals surface area contributed by atoms with Crippen LogP contribution < -0.4 is 0 Å². The summed E-state index contributed by atoms with van der Waals surface area (Å²) in [6.07, 6.45) is 2.80. The molecule has 1 fully saturated rings. The Labute approximate surface area is 138 Å². The van der Waals surface area contributed by atoms with E-state index in [9.17, 15) is 14.4 Å². The van der Waals surface area contributed by atoms with E-state index in [0.717, 1.165) is 25.9 Å². The highest BCUT2D eigenvalue weighted by molar-refractivity contribution is 5.84. The summed E-state index contributed by atoms with van der Waals surface area (Å²) < 4.78 is 0. The topological polar surface area (TPSA) is 77.9 Å². The molecule has 0 aromatic carbocycles. The van der Waals surface area contributed by atoms with Gasteiger partial charge in [-0.2, -0.15) is 0 Å². The average Bonchev–Trinajstić information content (AvgIpc) is 2.51. The van der Waals surface area contributed by atoms with Gasteiger partial charge in [0.2, 0.25) is 11.8 Å². The normalized spacial score (nSPS) is 21.1. The van der Waals surface area contributed by atoms with Crippen molar-refractivity contribution in [2.45, 2.75) is 52.9 Å². The highest BCUT2D eigenvalue weighted by Gasteiger charge is 2.31. The molecule has 2 unspecified atom stereocenters. The van der Waals surface area contributed by atoms with Gasteiger partial charge in [0.15, 0.2) is 0 Å². The fourth-order valence-corrected chi connectivity index (χ4v) is 3.17. The summed E-state index contributed by atoms with van der Waals surface area (Å²) in [4.78, 5) is 39.1. The molecule has 23 heavy (non-hydrogen) atoms. The number of aliphatic carboxylic acids is 1. The van der Waals surface area contributed by atoms with E-state index in [4.69, 9.17) is 5.11 Å². The number of carbonyl (C=O) groups is 3. The Balaban J connectivity index is 2.51. The predicted molar refractivity (Wildman–Crippen MR) is 87.9 cm³/mol. The number of carboxylic acids is 1. The maximum atomic E-state index is 12.3. The van der Waals surface area contributed by atoms with Crippen molar-refractivity contribution in [3.8, 4) is 0 Å². The lowest BCUT2D eigenvalue weighted by molar-refractivity contribution is -0.147. The van der Waals surface area contributed by atoms with Crippen molar-refractivity contribution >= 4 is 17.8 Å². The molecule has 1 heterocycles. The van der Waals surface area contributed by atoms with Crippen molar-refractivity contribution in [3.05, 3.63) is 0 Å². The summed E-state index contributed by atoms with van der Waals surface area (Å²) in [5.41, 5.74) is 0. The number of hydrogen-bond acceptors (Lipinski definition) is 3. The molecule has 1 aliphatic heterocycles. The third-order valence-corrected chi connectivity index (χ3v) is 4.25. The molecule has 1 rings (SSSR count). The van der Waals surface area contributed by atoms with Crippen LogP contribution in [-0.2, 0) is 14.4 Å². The van der Waals surface area contributed by atoms with Crippen LogP contribution in [0.5, 0.6) is 0 Å². The van der Waals surface area contributed by atoms with Crippen LogP contribution in [0.1, 0.15) is 52.9 Å². The SMILES string of the molecule is CCCN(CCC)C(=O)CCC(=O)N1CC(C)CC(C(=O)O)C1. The third kappa shape index (κ3) is 6.20. The predicted octanol–water partition coefficient (Wildman–Crippen LogP) is 1.98. The van der Waals surface area contributed by atoms with E-state index in [1.165, 1.54) is 0 Å². The zero-order valence-electron chi connectivity index (χ0n) is 14.6. The molecule has 132 valence electrons. The first kappa shape index (κ1) is 19.5. The van der Waals surface area contributed by atoms with E-state index in [-0.39, 0.29) is 37.1 Å². The number of piperidine rings is 1. The number of likely N-dealkylation sites (tertiary alicyclic amines) is 1. The van der Waals surface area contributed by atoms with Crippen LogP contribution in [0.25, 0.3) is 0 Å². The van der Waals surface area contributed by atoms with E-state index < -0.39 is 11.9 Å². The third-order valence-electron chi connectivity index (χ3n) is 4.25. The second-order valence-electron chi connectivity index (χ2n) is 6.56. The van der Waals surface area contributed by atoms with Crippen LogP contribution in [0.2, 0.25) is 0 Å². The van der Waals surface area contributed by atoms with Gasteiger partial charge < -0.3 is 14.9 Å². The number of carboxylic acid groups (broad SMARTS) is 1. The Bertz CT molecular complexity index is 419. The van der Waals surface area contributed by atoms with Gasteiger partial charge in [0.25, 0.3) is 0 Å². The van der Waals surface area contributed by atoms with Gasteiger partial charge in [-0.25, -0.2) is 0 Å². The molecule has 0 radical (unpaired) electrons. The highest BCUT2D eigenvalue weighted by Crippen LogP contribution is 2.22. The van der Waals surface area contributed by atoms with Gasteiger partial charge in [-0.3, -0.25) is 14.4 Å². The van der Waals surface area contributed by atoms with E-state index in [1.807, 2.05) is 25.7 Å². The largest absolute Gasteiger partial charge is 0.481 e. The van der Waals surface area contributed by atoms with Gasteiger partial charge >= 0.3 is 5.97 Å². The molecule has 2 atom stereocenters. The number of amides is 2. The molecule has 0 saturated carbocycles. The highest BCUT2D eigenvalue weighted by atomic mass is 16.4. The molecule has 0 aliphatic carbocycles. The van der Waals surface area contributed by atoms with Crippen LogP contribution in [-0.4, -0.2) is 58.9 Å². The first-order valence-corrected chi connectivity index (χ1v) is 8.67. The molecule has 0 aromatic heterocycles. The zero-order chi connectivity index (χ0) is 17.4. The quantitative estimate of drug-likeness (QED) is 0.740. The van der Waals surface area contributed by atoms with Gasteiger partial charge in [-0.05, 0) is 25.2 Å². The van der Waals surface area contributed by atoms with Crippen LogP contribution in [0.4, 0.5) is 0 Å². The van der Waals surface area contributed by atoms with E-state index in [0.29, 0.717) is 13.0 Å². The minimum Gasteiger partial charge on any atom is -0.481 e. The van der Waals surface area contributed by atoms with Crippen molar-refractivity contribution in [2.75, 3.05) is 26.2 Å². The Hall–Kier alpha value is -1.59. The molecule has 1 saturated heterocycles. The zero-order valence-corrected chi connectivity index (χ0v) is 14.6. The first-order valence-electron chi connectivity index (χ1n) is 8.67. The molecule has 1 N–H and O–H groups in total. The Kier molecular flexibility index (Phi) is 8.06. The fourth-order valence-electron chi connectivity index (χ4n) is 3.17. The first-order chi connectivity index (χ1) is 10.9. The molecule has 0 aromatic rings. The molecule has 0 bridgehead atoms. The van der Waals surface area contributed by atoms with Gasteiger partial charge in [-0.1, -0.05) is 20.8 Å². The van der Waals surface area contributed by atoms with Crippen molar-refractivity contribution in [3.63, 3.8) is 0 Å². The molecule has 2 amide bonds. The van der Waals surface area contributed by atoms with Crippen LogP contribution in [0.3, 0.4) is 0 Å². The summed E-state index contributed by atoms with van der Waals surface area (Å²) in [5.74, 6) is -1.25. The summed E-state index contributed by atoms with van der Waals surface area (Å²) in [6.45, 7) is 8.32. The van der Waals surface area contributed by atoms with Gasteiger partial charge in [0.05, 0.1) is 5.92 Å². The van der Waals surface area contributed by atoms with Gasteiger partial charge in [0, 0.05) is 39.0 Å². The van der Waals surface area contributed by atoms with Gasteiger partial charge in [0.1, 0.15) is 0 Å². The van der Waals surface area contributed by atoms with E-state index in [1.54, 1.807) is 4.90 Å². The monoisotopic (exact) mass is 326 g/mol. The van der Waals surface area contributed by atoms with E-state index >= 15 is 0 Å². The Morgan fingerprint density at radius 1 is 1.09 bits per heavy atom. The molecular weight excluding hydrogens is 296 g/mol. The molecule has 6 heteroatoms. The number of rotatable bonds is 8.